The van der Waals surface area contributed by atoms with E-state index in [2.05, 4.69) is 20.2 Å². The molecule has 0 spiro atoms. The lowest BCUT2D eigenvalue weighted by Gasteiger charge is -2.12. The zero-order valence-corrected chi connectivity index (χ0v) is 19.2. The number of benzene rings is 2. The number of aromatic nitrogens is 2. The van der Waals surface area contributed by atoms with Crippen LogP contribution in [0, 0.1) is 0 Å². The maximum Gasteiger partial charge on any atom is 0.257 e. The summed E-state index contributed by atoms with van der Waals surface area (Å²) in [6.07, 6.45) is 0.854. The number of hydrogen-bond donors (Lipinski definition) is 2. The molecule has 1 saturated heterocycles. The van der Waals surface area contributed by atoms with Crippen LogP contribution in [-0.2, 0) is 26.3 Å². The molecule has 2 N–H and O–H groups in total. The van der Waals surface area contributed by atoms with Crippen LogP contribution in [0.15, 0.2) is 59.5 Å². The zero-order valence-electron chi connectivity index (χ0n) is 16.8. The number of sulfone groups is 1. The molecule has 9 nitrogen and oxygen atoms in total. The molecule has 0 saturated carbocycles. The molecule has 1 aliphatic rings. The average Bonchev–Trinajstić information content (AvgIpc) is 3.33. The summed E-state index contributed by atoms with van der Waals surface area (Å²) in [5.74, 6) is -0.676. The summed E-state index contributed by atoms with van der Waals surface area (Å²) < 4.78 is 50.5. The summed E-state index contributed by atoms with van der Waals surface area (Å²) in [7, 11) is -7.09. The predicted octanol–water partition coefficient (Wildman–Crippen LogP) is 1.85. The van der Waals surface area contributed by atoms with E-state index >= 15 is 0 Å². The zero-order chi connectivity index (χ0) is 22.8. The summed E-state index contributed by atoms with van der Waals surface area (Å²) in [6.45, 7) is 0. The highest BCUT2D eigenvalue weighted by Gasteiger charge is 2.31. The van der Waals surface area contributed by atoms with Crippen LogP contribution in [-0.4, -0.2) is 50.5 Å². The Labute approximate surface area is 189 Å². The van der Waals surface area contributed by atoms with Gasteiger partial charge in [0.2, 0.25) is 15.2 Å². The Balaban J connectivity index is 1.38. The summed E-state index contributed by atoms with van der Waals surface area (Å²) in [4.78, 5) is 12.4. The number of hydrogen-bond acceptors (Lipinski definition) is 8. The third-order valence-corrected chi connectivity index (χ3v) is 9.01. The third-order valence-electron chi connectivity index (χ3n) is 4.87. The number of amides is 1. The van der Waals surface area contributed by atoms with E-state index in [0.717, 1.165) is 10.6 Å². The first kappa shape index (κ1) is 22.5. The maximum atomic E-state index is 12.5. The Hall–Kier alpha value is -2.67. The molecule has 1 fully saturated rings. The largest absolute Gasteiger partial charge is 0.296 e. The van der Waals surface area contributed by atoms with Gasteiger partial charge in [-0.2, -0.15) is 0 Å². The Morgan fingerprint density at radius 3 is 2.44 bits per heavy atom. The number of rotatable bonds is 7. The second-order valence-electron chi connectivity index (χ2n) is 7.36. The molecular weight excluding hydrogens is 472 g/mol. The quantitative estimate of drug-likeness (QED) is 0.514. The minimum atomic E-state index is -3.89. The van der Waals surface area contributed by atoms with Crippen molar-refractivity contribution in [2.75, 3.05) is 16.8 Å². The second-order valence-corrected chi connectivity index (χ2v) is 12.4. The van der Waals surface area contributed by atoms with Crippen LogP contribution in [0.25, 0.3) is 0 Å². The van der Waals surface area contributed by atoms with Gasteiger partial charge in [0.25, 0.3) is 5.91 Å². The van der Waals surface area contributed by atoms with Crippen molar-refractivity contribution in [2.45, 2.75) is 23.8 Å². The van der Waals surface area contributed by atoms with Gasteiger partial charge < -0.3 is 0 Å². The molecule has 1 unspecified atom stereocenters. The first-order chi connectivity index (χ1) is 15.2. The van der Waals surface area contributed by atoms with Crippen LogP contribution in [0.2, 0.25) is 0 Å². The standard InChI is InChI=1S/C20H20N4O5S3/c25-19(21-20-23-22-18(30-20)12-14-4-2-1-3-5-14)15-6-8-17(9-7-15)32(28,29)24-16-10-11-31(26,27)13-16/h1-9,16,24H,10-13H2,(H,21,23,25). The summed E-state index contributed by atoms with van der Waals surface area (Å²) in [5, 5.41) is 11.8. The van der Waals surface area contributed by atoms with Crippen molar-refractivity contribution < 1.29 is 21.6 Å². The number of carbonyl (C=O) groups excluding carboxylic acids is 1. The van der Waals surface area contributed by atoms with Gasteiger partial charge in [0.15, 0.2) is 9.84 Å². The van der Waals surface area contributed by atoms with E-state index in [1.54, 1.807) is 0 Å². The van der Waals surface area contributed by atoms with E-state index in [1.165, 1.54) is 35.6 Å². The summed E-state index contributed by atoms with van der Waals surface area (Å²) in [5.41, 5.74) is 1.34. The van der Waals surface area contributed by atoms with Gasteiger partial charge in [-0.25, -0.2) is 21.6 Å². The topological polar surface area (TPSA) is 135 Å². The summed E-state index contributed by atoms with van der Waals surface area (Å²) >= 11 is 1.27. The van der Waals surface area contributed by atoms with E-state index in [4.69, 9.17) is 0 Å². The van der Waals surface area contributed by atoms with Crippen LogP contribution >= 0.6 is 11.3 Å². The molecule has 168 valence electrons. The molecule has 3 aromatic rings. The Bertz CT molecular complexity index is 1320. The molecule has 2 aromatic carbocycles. The highest BCUT2D eigenvalue weighted by molar-refractivity contribution is 7.92. The van der Waals surface area contributed by atoms with Crippen LogP contribution in [0.1, 0.15) is 27.3 Å². The third kappa shape index (κ3) is 5.57. The molecular formula is C20H20N4O5S3. The van der Waals surface area contributed by atoms with E-state index in [9.17, 15) is 21.6 Å². The van der Waals surface area contributed by atoms with Crippen molar-refractivity contribution >= 4 is 42.2 Å². The minimum absolute atomic E-state index is 0.0298. The minimum Gasteiger partial charge on any atom is -0.296 e. The van der Waals surface area contributed by atoms with Crippen LogP contribution < -0.4 is 10.0 Å². The lowest BCUT2D eigenvalue weighted by Crippen LogP contribution is -2.35. The van der Waals surface area contributed by atoms with Crippen molar-refractivity contribution in [3.8, 4) is 0 Å². The normalized spacial score (nSPS) is 17.8. The number of nitrogens with one attached hydrogen (secondary N) is 2. The van der Waals surface area contributed by atoms with Crippen molar-refractivity contribution in [1.82, 2.24) is 14.9 Å². The molecule has 1 aliphatic heterocycles. The van der Waals surface area contributed by atoms with Crippen LogP contribution in [0.4, 0.5) is 5.13 Å². The van der Waals surface area contributed by atoms with Crippen molar-refractivity contribution in [2.24, 2.45) is 0 Å². The number of nitrogens with zero attached hydrogens (tertiary/aromatic N) is 2. The molecule has 0 aliphatic carbocycles. The van der Waals surface area contributed by atoms with Crippen molar-refractivity contribution in [3.63, 3.8) is 0 Å². The second kappa shape index (κ2) is 9.06. The van der Waals surface area contributed by atoms with Gasteiger partial charge in [0.05, 0.1) is 16.4 Å². The average molecular weight is 493 g/mol. The van der Waals surface area contributed by atoms with Crippen molar-refractivity contribution in [1.29, 1.82) is 0 Å². The summed E-state index contributed by atoms with van der Waals surface area (Å²) in [6, 6.07) is 14.5. The molecule has 32 heavy (non-hydrogen) atoms. The van der Waals surface area contributed by atoms with Crippen LogP contribution in [0.5, 0.6) is 0 Å². The molecule has 1 amide bonds. The maximum absolute atomic E-state index is 12.5. The molecule has 4 rings (SSSR count). The smallest absolute Gasteiger partial charge is 0.257 e. The first-order valence-corrected chi connectivity index (χ1v) is 13.8. The van der Waals surface area contributed by atoms with Gasteiger partial charge in [-0.1, -0.05) is 41.7 Å². The first-order valence-electron chi connectivity index (χ1n) is 9.71. The molecule has 0 radical (unpaired) electrons. The lowest BCUT2D eigenvalue weighted by atomic mass is 10.2. The molecule has 12 heteroatoms. The predicted molar refractivity (Wildman–Crippen MR) is 121 cm³/mol. The molecule has 1 atom stereocenters. The van der Waals surface area contributed by atoms with E-state index < -0.39 is 31.8 Å². The molecule has 2 heterocycles. The Morgan fingerprint density at radius 2 is 1.78 bits per heavy atom. The lowest BCUT2D eigenvalue weighted by molar-refractivity contribution is 0.102. The van der Waals surface area contributed by atoms with Gasteiger partial charge >= 0.3 is 0 Å². The van der Waals surface area contributed by atoms with Crippen LogP contribution in [0.3, 0.4) is 0 Å². The van der Waals surface area contributed by atoms with Gasteiger partial charge in [0.1, 0.15) is 5.01 Å². The van der Waals surface area contributed by atoms with Gasteiger partial charge in [-0.15, -0.1) is 10.2 Å². The number of anilines is 1. The monoisotopic (exact) mass is 492 g/mol. The fraction of sp³-hybridized carbons (Fsp3) is 0.250. The van der Waals surface area contributed by atoms with Gasteiger partial charge in [0, 0.05) is 18.0 Å². The van der Waals surface area contributed by atoms with Gasteiger partial charge in [-0.05, 0) is 36.2 Å². The number of sulfonamides is 1. The SMILES string of the molecule is O=C(Nc1nnc(Cc2ccccc2)s1)c1ccc(S(=O)(=O)NC2CCS(=O)(=O)C2)cc1. The fourth-order valence-corrected chi connectivity index (χ4v) is 7.09. The number of carbonyl (C=O) groups is 1. The fourth-order valence-electron chi connectivity index (χ4n) is 3.28. The molecule has 1 aromatic heterocycles. The van der Waals surface area contributed by atoms with E-state index in [-0.39, 0.29) is 28.4 Å². The highest BCUT2D eigenvalue weighted by Crippen LogP contribution is 2.20. The van der Waals surface area contributed by atoms with Crippen molar-refractivity contribution in [3.05, 3.63) is 70.7 Å². The highest BCUT2D eigenvalue weighted by atomic mass is 32.2. The van der Waals surface area contributed by atoms with E-state index in [0.29, 0.717) is 11.6 Å². The van der Waals surface area contributed by atoms with Gasteiger partial charge in [-0.3, -0.25) is 10.1 Å². The van der Waals surface area contributed by atoms with E-state index in [1.807, 2.05) is 30.3 Å². The Morgan fingerprint density at radius 1 is 1.06 bits per heavy atom. The Kier molecular flexibility index (Phi) is 6.38. The molecule has 0 bridgehead atoms.